The van der Waals surface area contributed by atoms with Crippen molar-refractivity contribution in [2.45, 2.75) is 25.9 Å². The van der Waals surface area contributed by atoms with Crippen molar-refractivity contribution in [3.05, 3.63) is 77.9 Å². The van der Waals surface area contributed by atoms with E-state index < -0.39 is 0 Å². The number of halogens is 1. The maximum atomic E-state index is 11.9. The fourth-order valence-electron chi connectivity index (χ4n) is 3.66. The van der Waals surface area contributed by atoms with Gasteiger partial charge in [0.2, 0.25) is 5.91 Å². The first kappa shape index (κ1) is 22.1. The summed E-state index contributed by atoms with van der Waals surface area (Å²) in [6.07, 6.45) is 1.60. The first-order chi connectivity index (χ1) is 14.2. The van der Waals surface area contributed by atoms with E-state index in [4.69, 9.17) is 0 Å². The lowest BCUT2D eigenvalue weighted by atomic mass is 10.1. The summed E-state index contributed by atoms with van der Waals surface area (Å²) in [5.41, 5.74) is 3.34. The first-order valence-electron chi connectivity index (χ1n) is 10.0. The number of benzene rings is 3. The Kier molecular flexibility index (Phi) is 7.68. The van der Waals surface area contributed by atoms with Gasteiger partial charge in [0.15, 0.2) is 5.96 Å². The zero-order chi connectivity index (χ0) is 20.1. The number of aliphatic imine (C=N–C) groups is 1. The van der Waals surface area contributed by atoms with Crippen molar-refractivity contribution in [1.82, 2.24) is 10.6 Å². The van der Waals surface area contributed by atoms with Gasteiger partial charge in [0.1, 0.15) is 0 Å². The van der Waals surface area contributed by atoms with Gasteiger partial charge in [0.25, 0.3) is 0 Å². The van der Waals surface area contributed by atoms with Gasteiger partial charge < -0.3 is 15.5 Å². The Morgan fingerprint density at radius 2 is 1.60 bits per heavy atom. The molecule has 0 unspecified atom stereocenters. The second-order valence-electron chi connectivity index (χ2n) is 7.28. The number of anilines is 1. The minimum Gasteiger partial charge on any atom is -0.352 e. The van der Waals surface area contributed by atoms with Crippen molar-refractivity contribution in [2.24, 2.45) is 4.99 Å². The molecule has 0 spiro atoms. The Morgan fingerprint density at radius 1 is 0.933 bits per heavy atom. The van der Waals surface area contributed by atoms with Crippen LogP contribution in [0.2, 0.25) is 0 Å². The Hall–Kier alpha value is -2.61. The number of carbonyl (C=O) groups excluding carboxylic acids is 1. The van der Waals surface area contributed by atoms with Crippen molar-refractivity contribution >= 4 is 52.3 Å². The van der Waals surface area contributed by atoms with Crippen LogP contribution in [0.3, 0.4) is 0 Å². The van der Waals surface area contributed by atoms with Gasteiger partial charge in [-0.15, -0.1) is 24.0 Å². The maximum Gasteiger partial charge on any atom is 0.227 e. The molecule has 4 rings (SSSR count). The lowest BCUT2D eigenvalue weighted by Crippen LogP contribution is -2.36. The summed E-state index contributed by atoms with van der Waals surface area (Å²) in [7, 11) is 1.78. The molecule has 0 bridgehead atoms. The van der Waals surface area contributed by atoms with Gasteiger partial charge in [0, 0.05) is 38.8 Å². The summed E-state index contributed by atoms with van der Waals surface area (Å²) in [5, 5.41) is 9.21. The molecule has 0 saturated carbocycles. The van der Waals surface area contributed by atoms with Crippen LogP contribution in [0.1, 0.15) is 24.0 Å². The predicted octanol–water partition coefficient (Wildman–Crippen LogP) is 4.45. The number of fused-ring (bicyclic) bond motifs is 1. The van der Waals surface area contributed by atoms with E-state index in [0.717, 1.165) is 30.2 Å². The third-order valence-corrected chi connectivity index (χ3v) is 5.28. The molecule has 1 amide bonds. The van der Waals surface area contributed by atoms with Gasteiger partial charge in [-0.25, -0.2) is 0 Å². The minimum absolute atomic E-state index is 0. The summed E-state index contributed by atoms with van der Waals surface area (Å²) >= 11 is 0. The zero-order valence-electron chi connectivity index (χ0n) is 17.1. The standard InChI is InChI=1S/C24H26N4O.HI/c1-25-24(27-17-19-8-11-20-5-2-3-6-21(20)15-19)26-16-18-9-12-22(13-10-18)28-14-4-7-23(28)29;/h2-3,5-6,8-13,15H,4,7,14,16-17H2,1H3,(H2,25,26,27);1H. The summed E-state index contributed by atoms with van der Waals surface area (Å²) in [6, 6.07) is 23.0. The van der Waals surface area contributed by atoms with E-state index in [-0.39, 0.29) is 29.9 Å². The number of guanidine groups is 1. The molecule has 0 aromatic heterocycles. The van der Waals surface area contributed by atoms with Crippen LogP contribution in [0.25, 0.3) is 10.8 Å². The molecule has 2 N–H and O–H groups in total. The average Bonchev–Trinajstić information content (AvgIpc) is 3.20. The Bertz CT molecular complexity index is 1030. The molecule has 3 aromatic carbocycles. The van der Waals surface area contributed by atoms with Crippen LogP contribution < -0.4 is 15.5 Å². The Morgan fingerprint density at radius 3 is 2.27 bits per heavy atom. The second kappa shape index (κ2) is 10.4. The van der Waals surface area contributed by atoms with Crippen molar-refractivity contribution < 1.29 is 4.79 Å². The monoisotopic (exact) mass is 514 g/mol. The van der Waals surface area contributed by atoms with Gasteiger partial charge in [-0.1, -0.05) is 48.5 Å². The lowest BCUT2D eigenvalue weighted by Gasteiger charge is -2.16. The van der Waals surface area contributed by atoms with E-state index in [1.54, 1.807) is 7.05 Å². The highest BCUT2D eigenvalue weighted by molar-refractivity contribution is 14.0. The molecule has 1 fully saturated rings. The molecular formula is C24H27IN4O. The molecule has 0 radical (unpaired) electrons. The highest BCUT2D eigenvalue weighted by atomic mass is 127. The van der Waals surface area contributed by atoms with E-state index in [9.17, 15) is 4.79 Å². The van der Waals surface area contributed by atoms with Crippen molar-refractivity contribution in [1.29, 1.82) is 0 Å². The first-order valence-corrected chi connectivity index (χ1v) is 10.0. The number of hydrogen-bond acceptors (Lipinski definition) is 2. The smallest absolute Gasteiger partial charge is 0.227 e. The van der Waals surface area contributed by atoms with Crippen LogP contribution in [-0.4, -0.2) is 25.5 Å². The van der Waals surface area contributed by atoms with Gasteiger partial charge in [-0.2, -0.15) is 0 Å². The molecule has 0 aliphatic carbocycles. The largest absolute Gasteiger partial charge is 0.352 e. The fourth-order valence-corrected chi connectivity index (χ4v) is 3.66. The van der Waals surface area contributed by atoms with Crippen LogP contribution >= 0.6 is 24.0 Å². The molecule has 30 heavy (non-hydrogen) atoms. The highest BCUT2D eigenvalue weighted by Gasteiger charge is 2.21. The number of amides is 1. The minimum atomic E-state index is 0. The predicted molar refractivity (Wildman–Crippen MR) is 134 cm³/mol. The van der Waals surface area contributed by atoms with E-state index in [1.165, 1.54) is 16.3 Å². The fraction of sp³-hybridized carbons (Fsp3) is 0.250. The van der Waals surface area contributed by atoms with E-state index in [0.29, 0.717) is 19.5 Å². The normalized spacial score (nSPS) is 14.0. The van der Waals surface area contributed by atoms with Crippen LogP contribution in [0, 0.1) is 0 Å². The number of hydrogen-bond donors (Lipinski definition) is 2. The molecule has 1 saturated heterocycles. The summed E-state index contributed by atoms with van der Waals surface area (Å²) < 4.78 is 0. The Balaban J connectivity index is 0.00000256. The van der Waals surface area contributed by atoms with E-state index >= 15 is 0 Å². The van der Waals surface area contributed by atoms with Gasteiger partial charge in [-0.3, -0.25) is 9.79 Å². The molecule has 5 nitrogen and oxygen atoms in total. The molecule has 6 heteroatoms. The molecule has 3 aromatic rings. The average molecular weight is 514 g/mol. The number of nitrogens with zero attached hydrogens (tertiary/aromatic N) is 2. The van der Waals surface area contributed by atoms with Crippen molar-refractivity contribution in [3.63, 3.8) is 0 Å². The van der Waals surface area contributed by atoms with Gasteiger partial charge in [-0.05, 0) is 46.5 Å². The summed E-state index contributed by atoms with van der Waals surface area (Å²) in [4.78, 5) is 18.0. The third kappa shape index (κ3) is 5.30. The lowest BCUT2D eigenvalue weighted by molar-refractivity contribution is -0.117. The third-order valence-electron chi connectivity index (χ3n) is 5.28. The second-order valence-corrected chi connectivity index (χ2v) is 7.28. The van der Waals surface area contributed by atoms with Gasteiger partial charge >= 0.3 is 0 Å². The quantitative estimate of drug-likeness (QED) is 0.301. The van der Waals surface area contributed by atoms with Crippen LogP contribution in [-0.2, 0) is 17.9 Å². The van der Waals surface area contributed by atoms with Crippen LogP contribution in [0.4, 0.5) is 5.69 Å². The highest BCUT2D eigenvalue weighted by Crippen LogP contribution is 2.21. The summed E-state index contributed by atoms with van der Waals surface area (Å²) in [5.74, 6) is 0.978. The van der Waals surface area contributed by atoms with E-state index in [2.05, 4.69) is 70.2 Å². The van der Waals surface area contributed by atoms with Crippen molar-refractivity contribution in [3.8, 4) is 0 Å². The maximum absolute atomic E-state index is 11.9. The van der Waals surface area contributed by atoms with Crippen LogP contribution in [0.5, 0.6) is 0 Å². The van der Waals surface area contributed by atoms with Gasteiger partial charge in [0.05, 0.1) is 0 Å². The topological polar surface area (TPSA) is 56.7 Å². The number of nitrogens with one attached hydrogen (secondary N) is 2. The zero-order valence-corrected chi connectivity index (χ0v) is 19.4. The molecular weight excluding hydrogens is 487 g/mol. The number of carbonyl (C=O) groups is 1. The molecule has 1 aliphatic rings. The van der Waals surface area contributed by atoms with E-state index in [1.807, 2.05) is 17.0 Å². The SMILES string of the molecule is CN=C(NCc1ccc(N2CCCC2=O)cc1)NCc1ccc2ccccc2c1.I. The number of rotatable bonds is 5. The summed E-state index contributed by atoms with van der Waals surface area (Å²) in [6.45, 7) is 2.20. The Labute approximate surface area is 194 Å². The molecule has 0 atom stereocenters. The van der Waals surface area contributed by atoms with Crippen LogP contribution in [0.15, 0.2) is 71.7 Å². The molecule has 1 heterocycles. The molecule has 1 aliphatic heterocycles. The van der Waals surface area contributed by atoms with Crippen molar-refractivity contribution in [2.75, 3.05) is 18.5 Å². The molecule has 156 valence electrons.